The fourth-order valence-corrected chi connectivity index (χ4v) is 3.77. The van der Waals surface area contributed by atoms with Crippen molar-refractivity contribution in [1.29, 1.82) is 5.26 Å². The SMILES string of the molecule is N#C/C(=C/c1cn(Cc2ccccc2F)c2ccccc12)C(=O)Nc1cccc(Cl)c1Cl. The van der Waals surface area contributed by atoms with Crippen LogP contribution >= 0.6 is 23.2 Å². The Labute approximate surface area is 194 Å². The number of nitriles is 1. The van der Waals surface area contributed by atoms with Crippen LogP contribution in [0, 0.1) is 17.1 Å². The smallest absolute Gasteiger partial charge is 0.266 e. The molecule has 0 bridgehead atoms. The zero-order valence-electron chi connectivity index (χ0n) is 16.6. The van der Waals surface area contributed by atoms with Gasteiger partial charge in [0.05, 0.1) is 22.3 Å². The molecular formula is C25H16Cl2FN3O. The minimum Gasteiger partial charge on any atom is -0.342 e. The largest absolute Gasteiger partial charge is 0.342 e. The molecule has 0 radical (unpaired) electrons. The molecule has 32 heavy (non-hydrogen) atoms. The Morgan fingerprint density at radius 2 is 1.81 bits per heavy atom. The van der Waals surface area contributed by atoms with Crippen LogP contribution in [0.1, 0.15) is 11.1 Å². The summed E-state index contributed by atoms with van der Waals surface area (Å²) in [4.78, 5) is 12.7. The first-order chi connectivity index (χ1) is 15.5. The highest BCUT2D eigenvalue weighted by Gasteiger charge is 2.15. The van der Waals surface area contributed by atoms with Crippen molar-refractivity contribution in [3.63, 3.8) is 0 Å². The van der Waals surface area contributed by atoms with Gasteiger partial charge in [0.2, 0.25) is 0 Å². The number of carbonyl (C=O) groups excluding carboxylic acids is 1. The zero-order chi connectivity index (χ0) is 22.7. The normalized spacial score (nSPS) is 11.4. The van der Waals surface area contributed by atoms with E-state index in [2.05, 4.69) is 5.32 Å². The summed E-state index contributed by atoms with van der Waals surface area (Å²) in [5.41, 5.74) is 2.28. The maximum atomic E-state index is 14.2. The molecule has 0 atom stereocenters. The summed E-state index contributed by atoms with van der Waals surface area (Å²) in [6, 6.07) is 20.9. The first-order valence-electron chi connectivity index (χ1n) is 9.66. The van der Waals surface area contributed by atoms with Crippen LogP contribution in [0.25, 0.3) is 17.0 Å². The Morgan fingerprint density at radius 1 is 1.06 bits per heavy atom. The summed E-state index contributed by atoms with van der Waals surface area (Å²) in [5, 5.41) is 13.6. The van der Waals surface area contributed by atoms with Crippen molar-refractivity contribution in [2.24, 2.45) is 0 Å². The van der Waals surface area contributed by atoms with Gasteiger partial charge in [0.1, 0.15) is 17.5 Å². The third kappa shape index (κ3) is 4.38. The second-order valence-electron chi connectivity index (χ2n) is 7.05. The average molecular weight is 464 g/mol. The molecule has 3 aromatic carbocycles. The van der Waals surface area contributed by atoms with Gasteiger partial charge in [-0.3, -0.25) is 4.79 Å². The number of hydrogen-bond donors (Lipinski definition) is 1. The number of anilines is 1. The van der Waals surface area contributed by atoms with E-state index >= 15 is 0 Å². The number of nitrogens with one attached hydrogen (secondary N) is 1. The van der Waals surface area contributed by atoms with E-state index in [4.69, 9.17) is 23.2 Å². The molecule has 4 rings (SSSR count). The fourth-order valence-electron chi connectivity index (χ4n) is 3.43. The van der Waals surface area contributed by atoms with Gasteiger partial charge < -0.3 is 9.88 Å². The Hall–Kier alpha value is -3.59. The van der Waals surface area contributed by atoms with E-state index in [1.165, 1.54) is 12.1 Å². The van der Waals surface area contributed by atoms with Gasteiger partial charge in [0.25, 0.3) is 5.91 Å². The first kappa shape index (κ1) is 21.6. The maximum Gasteiger partial charge on any atom is 0.266 e. The number of nitrogens with zero attached hydrogens (tertiary/aromatic N) is 2. The molecule has 0 spiro atoms. The monoisotopic (exact) mass is 463 g/mol. The average Bonchev–Trinajstić information content (AvgIpc) is 3.14. The van der Waals surface area contributed by atoms with Crippen LogP contribution in [0.3, 0.4) is 0 Å². The number of benzene rings is 3. The van der Waals surface area contributed by atoms with E-state index in [1.807, 2.05) is 34.9 Å². The second-order valence-corrected chi connectivity index (χ2v) is 7.83. The first-order valence-corrected chi connectivity index (χ1v) is 10.4. The number of rotatable bonds is 5. The lowest BCUT2D eigenvalue weighted by atomic mass is 10.1. The third-order valence-electron chi connectivity index (χ3n) is 4.98. The van der Waals surface area contributed by atoms with Crippen molar-refractivity contribution in [2.75, 3.05) is 5.32 Å². The summed E-state index contributed by atoms with van der Waals surface area (Å²) in [5.74, 6) is -0.902. The summed E-state index contributed by atoms with van der Waals surface area (Å²) in [7, 11) is 0. The Morgan fingerprint density at radius 3 is 2.59 bits per heavy atom. The Kier molecular flexibility index (Phi) is 6.27. The van der Waals surface area contributed by atoms with E-state index in [1.54, 1.807) is 42.6 Å². The van der Waals surface area contributed by atoms with Crippen LogP contribution in [0.5, 0.6) is 0 Å². The van der Waals surface area contributed by atoms with E-state index in [0.29, 0.717) is 28.4 Å². The number of hydrogen-bond acceptors (Lipinski definition) is 2. The summed E-state index contributed by atoms with van der Waals surface area (Å²) >= 11 is 12.1. The molecule has 0 aliphatic heterocycles. The van der Waals surface area contributed by atoms with Gasteiger partial charge in [-0.15, -0.1) is 0 Å². The highest BCUT2D eigenvalue weighted by molar-refractivity contribution is 6.44. The lowest BCUT2D eigenvalue weighted by molar-refractivity contribution is -0.112. The number of aromatic nitrogens is 1. The molecule has 158 valence electrons. The van der Waals surface area contributed by atoms with E-state index in [9.17, 15) is 14.4 Å². The minimum atomic E-state index is -0.609. The highest BCUT2D eigenvalue weighted by Crippen LogP contribution is 2.30. The van der Waals surface area contributed by atoms with E-state index in [-0.39, 0.29) is 16.4 Å². The zero-order valence-corrected chi connectivity index (χ0v) is 18.2. The second kappa shape index (κ2) is 9.27. The standard InChI is InChI=1S/C25H16Cl2FN3O/c26-20-8-5-10-22(24(20)27)30-25(32)17(13-29)12-18-15-31(23-11-4-2-7-19(18)23)14-16-6-1-3-9-21(16)28/h1-12,15H,14H2,(H,30,32)/b17-12-. The molecule has 4 nitrogen and oxygen atoms in total. The summed E-state index contributed by atoms with van der Waals surface area (Å²) < 4.78 is 16.1. The summed E-state index contributed by atoms with van der Waals surface area (Å²) in [6.07, 6.45) is 3.31. The van der Waals surface area contributed by atoms with Gasteiger partial charge in [0, 0.05) is 28.2 Å². The van der Waals surface area contributed by atoms with Gasteiger partial charge in [-0.2, -0.15) is 5.26 Å². The van der Waals surface area contributed by atoms with Crippen LogP contribution in [0.4, 0.5) is 10.1 Å². The predicted molar refractivity (Wildman–Crippen MR) is 126 cm³/mol. The van der Waals surface area contributed by atoms with Crippen LogP contribution in [-0.2, 0) is 11.3 Å². The van der Waals surface area contributed by atoms with Crippen LogP contribution < -0.4 is 5.32 Å². The van der Waals surface area contributed by atoms with Gasteiger partial charge in [-0.25, -0.2) is 4.39 Å². The molecular weight excluding hydrogens is 448 g/mol. The van der Waals surface area contributed by atoms with E-state index < -0.39 is 5.91 Å². The van der Waals surface area contributed by atoms with Gasteiger partial charge in [-0.1, -0.05) is 65.7 Å². The highest BCUT2D eigenvalue weighted by atomic mass is 35.5. The van der Waals surface area contributed by atoms with Crippen molar-refractivity contribution in [3.05, 3.63) is 105 Å². The van der Waals surface area contributed by atoms with E-state index in [0.717, 1.165) is 10.9 Å². The molecule has 0 fully saturated rings. The molecule has 0 saturated heterocycles. The number of amides is 1. The number of para-hydroxylation sites is 1. The van der Waals surface area contributed by atoms with Crippen molar-refractivity contribution >= 4 is 51.8 Å². The molecule has 0 aliphatic rings. The molecule has 1 aromatic heterocycles. The predicted octanol–water partition coefficient (Wildman–Crippen LogP) is 6.68. The quantitative estimate of drug-likeness (QED) is 0.265. The van der Waals surface area contributed by atoms with Gasteiger partial charge in [0.15, 0.2) is 0 Å². The van der Waals surface area contributed by atoms with Gasteiger partial charge in [-0.05, 0) is 30.3 Å². The van der Waals surface area contributed by atoms with Crippen molar-refractivity contribution in [2.45, 2.75) is 6.54 Å². The Bertz CT molecular complexity index is 1400. The Balaban J connectivity index is 1.70. The maximum absolute atomic E-state index is 14.2. The van der Waals surface area contributed by atoms with Crippen LogP contribution in [-0.4, -0.2) is 10.5 Å². The van der Waals surface area contributed by atoms with Crippen molar-refractivity contribution in [3.8, 4) is 6.07 Å². The molecule has 0 saturated carbocycles. The molecule has 7 heteroatoms. The lowest BCUT2D eigenvalue weighted by Crippen LogP contribution is -2.13. The number of carbonyl (C=O) groups is 1. The summed E-state index contributed by atoms with van der Waals surface area (Å²) in [6.45, 7) is 0.313. The molecule has 1 heterocycles. The molecule has 0 aliphatic carbocycles. The number of halogens is 3. The molecule has 1 amide bonds. The van der Waals surface area contributed by atoms with Crippen molar-refractivity contribution < 1.29 is 9.18 Å². The lowest BCUT2D eigenvalue weighted by Gasteiger charge is -2.07. The minimum absolute atomic E-state index is 0.102. The molecule has 1 N–H and O–H groups in total. The number of fused-ring (bicyclic) bond motifs is 1. The molecule has 0 unspecified atom stereocenters. The van der Waals surface area contributed by atoms with Crippen molar-refractivity contribution in [1.82, 2.24) is 4.57 Å². The van der Waals surface area contributed by atoms with Crippen LogP contribution in [0.15, 0.2) is 78.5 Å². The van der Waals surface area contributed by atoms with Gasteiger partial charge >= 0.3 is 0 Å². The fraction of sp³-hybridized carbons (Fsp3) is 0.0400. The third-order valence-corrected chi connectivity index (χ3v) is 5.80. The van der Waals surface area contributed by atoms with Crippen LogP contribution in [0.2, 0.25) is 10.0 Å². The topological polar surface area (TPSA) is 57.8 Å². The molecule has 4 aromatic rings.